The Morgan fingerprint density at radius 1 is 1.16 bits per heavy atom. The lowest BCUT2D eigenvalue weighted by Crippen LogP contribution is -2.46. The number of amides is 2. The number of hydrogen-bond acceptors (Lipinski definition) is 6. The summed E-state index contributed by atoms with van der Waals surface area (Å²) in [5.74, 6) is 0.778. The molecule has 1 aromatic carbocycles. The fourth-order valence-electron chi connectivity index (χ4n) is 3.74. The summed E-state index contributed by atoms with van der Waals surface area (Å²) in [6, 6.07) is 13.6. The van der Waals surface area contributed by atoms with Crippen LogP contribution in [0, 0.1) is 0 Å². The summed E-state index contributed by atoms with van der Waals surface area (Å²) in [5, 5.41) is 4.88. The average molecular weight is 442 g/mol. The van der Waals surface area contributed by atoms with E-state index in [1.165, 1.54) is 0 Å². The minimum atomic E-state index is -0.525. The molecule has 2 N–H and O–H groups in total. The molecule has 0 bridgehead atoms. The number of nitrogens with zero attached hydrogens (tertiary/aromatic N) is 1. The van der Waals surface area contributed by atoms with E-state index in [0.717, 1.165) is 10.6 Å². The molecule has 8 heteroatoms. The number of nitrogens with one attached hydrogen (secondary N) is 2. The molecule has 4 rings (SSSR count). The average Bonchev–Trinajstić information content (AvgIpc) is 3.47. The van der Waals surface area contributed by atoms with Gasteiger partial charge in [0.2, 0.25) is 5.91 Å². The van der Waals surface area contributed by atoms with Crippen LogP contribution in [0.25, 0.3) is 0 Å². The number of hydroxylamine groups is 1. The van der Waals surface area contributed by atoms with Crippen LogP contribution in [0.4, 0.5) is 0 Å². The Kier molecular flexibility index (Phi) is 6.89. The van der Waals surface area contributed by atoms with Crippen LogP contribution in [-0.2, 0) is 21.0 Å². The number of rotatable bonds is 8. The molecule has 0 atom stereocenters. The van der Waals surface area contributed by atoms with E-state index < -0.39 is 5.60 Å². The minimum absolute atomic E-state index is 0.135. The van der Waals surface area contributed by atoms with Gasteiger partial charge in [-0.05, 0) is 36.1 Å². The Balaban J connectivity index is 1.19. The van der Waals surface area contributed by atoms with Gasteiger partial charge in [0, 0.05) is 37.2 Å². The zero-order chi connectivity index (χ0) is 21.5. The maximum absolute atomic E-state index is 12.5. The summed E-state index contributed by atoms with van der Waals surface area (Å²) in [7, 11) is 0. The fraction of sp³-hybridized carbons (Fsp3) is 0.391. The number of carbonyl (C=O) groups excluding carboxylic acids is 2. The number of benzene rings is 1. The van der Waals surface area contributed by atoms with Crippen LogP contribution in [0.3, 0.4) is 0 Å². The van der Waals surface area contributed by atoms with Crippen molar-refractivity contribution < 1.29 is 19.2 Å². The van der Waals surface area contributed by atoms with E-state index in [9.17, 15) is 9.59 Å². The van der Waals surface area contributed by atoms with Crippen molar-refractivity contribution in [1.82, 2.24) is 15.7 Å². The molecule has 2 aliphatic rings. The second kappa shape index (κ2) is 9.98. The summed E-state index contributed by atoms with van der Waals surface area (Å²) in [6.45, 7) is 2.24. The molecule has 1 fully saturated rings. The van der Waals surface area contributed by atoms with E-state index in [-0.39, 0.29) is 11.8 Å². The van der Waals surface area contributed by atoms with Gasteiger partial charge >= 0.3 is 0 Å². The summed E-state index contributed by atoms with van der Waals surface area (Å²) < 4.78 is 5.65. The Hall–Kier alpha value is -2.84. The molecule has 7 nitrogen and oxygen atoms in total. The number of thiophene rings is 1. The Morgan fingerprint density at radius 3 is 2.71 bits per heavy atom. The van der Waals surface area contributed by atoms with E-state index in [1.807, 2.05) is 58.8 Å². The lowest BCUT2D eigenvalue weighted by Gasteiger charge is -2.36. The smallest absolute Gasteiger partial charge is 0.269 e. The topological polar surface area (TPSA) is 79.9 Å². The molecule has 1 spiro atoms. The number of carbonyl (C=O) groups is 2. The van der Waals surface area contributed by atoms with Gasteiger partial charge in [0.15, 0.2) is 0 Å². The molecule has 2 aromatic rings. The number of likely N-dealkylation sites (tertiary alicyclic amines) is 1. The zero-order valence-corrected chi connectivity index (χ0v) is 18.2. The number of hydrogen-bond donors (Lipinski definition) is 2. The van der Waals surface area contributed by atoms with E-state index >= 15 is 0 Å². The van der Waals surface area contributed by atoms with Crippen molar-refractivity contribution >= 4 is 23.2 Å². The van der Waals surface area contributed by atoms with Gasteiger partial charge in [-0.3, -0.25) is 19.9 Å². The van der Waals surface area contributed by atoms with Gasteiger partial charge in [0.25, 0.3) is 5.91 Å². The van der Waals surface area contributed by atoms with Crippen molar-refractivity contribution in [2.24, 2.45) is 0 Å². The van der Waals surface area contributed by atoms with Crippen LogP contribution in [-0.4, -0.2) is 42.0 Å². The normalized spacial score (nSPS) is 17.2. The second-order valence-corrected chi connectivity index (χ2v) is 8.77. The van der Waals surface area contributed by atoms with Crippen LogP contribution in [0.15, 0.2) is 59.6 Å². The summed E-state index contributed by atoms with van der Waals surface area (Å²) >= 11 is 1.61. The molecule has 164 valence electrons. The van der Waals surface area contributed by atoms with Gasteiger partial charge in [-0.1, -0.05) is 24.3 Å². The fourth-order valence-corrected chi connectivity index (χ4v) is 4.38. The van der Waals surface area contributed by atoms with Crippen LogP contribution < -0.4 is 15.5 Å². The Labute approximate surface area is 186 Å². The number of piperidine rings is 1. The van der Waals surface area contributed by atoms with Crippen molar-refractivity contribution in [3.63, 3.8) is 0 Å². The van der Waals surface area contributed by atoms with Gasteiger partial charge in [-0.25, -0.2) is 0 Å². The first-order valence-corrected chi connectivity index (χ1v) is 11.4. The highest BCUT2D eigenvalue weighted by molar-refractivity contribution is 7.09. The number of ether oxygens (including phenoxy) is 1. The highest BCUT2D eigenvalue weighted by Gasteiger charge is 2.40. The standard InChI is InChI=1S/C23H27N3O4S/c27-21(9-4-14-29-18-6-2-1-3-7-18)26-12-10-23(11-13-26)16-20(25-30-23)22(28)24-17-19-8-5-15-31-19/h1-3,5-8,15-16,25H,4,9-14,17H2,(H,24,28). The summed E-state index contributed by atoms with van der Waals surface area (Å²) in [5.41, 5.74) is 2.70. The molecule has 2 aliphatic heterocycles. The summed E-state index contributed by atoms with van der Waals surface area (Å²) in [4.78, 5) is 33.7. The van der Waals surface area contributed by atoms with Crippen LogP contribution in [0.2, 0.25) is 0 Å². The maximum Gasteiger partial charge on any atom is 0.269 e. The minimum Gasteiger partial charge on any atom is -0.494 e. The Morgan fingerprint density at radius 2 is 1.97 bits per heavy atom. The predicted molar refractivity (Wildman–Crippen MR) is 118 cm³/mol. The van der Waals surface area contributed by atoms with Gasteiger partial charge in [0.1, 0.15) is 17.0 Å². The Bertz CT molecular complexity index is 906. The van der Waals surface area contributed by atoms with Gasteiger partial charge in [-0.15, -0.1) is 11.3 Å². The van der Waals surface area contributed by atoms with Gasteiger partial charge < -0.3 is 15.0 Å². The molecule has 1 aromatic heterocycles. The quantitative estimate of drug-likeness (QED) is 0.616. The first-order chi connectivity index (χ1) is 15.1. The largest absolute Gasteiger partial charge is 0.494 e. The van der Waals surface area contributed by atoms with Crippen molar-refractivity contribution in [3.8, 4) is 5.75 Å². The molecule has 0 saturated carbocycles. The first kappa shape index (κ1) is 21.4. The van der Waals surface area contributed by atoms with Gasteiger partial charge in [-0.2, -0.15) is 0 Å². The van der Waals surface area contributed by atoms with Crippen LogP contribution in [0.1, 0.15) is 30.6 Å². The van der Waals surface area contributed by atoms with Crippen LogP contribution in [0.5, 0.6) is 5.75 Å². The van der Waals surface area contributed by atoms with E-state index in [0.29, 0.717) is 57.6 Å². The van der Waals surface area contributed by atoms with Crippen LogP contribution >= 0.6 is 11.3 Å². The highest BCUT2D eigenvalue weighted by Crippen LogP contribution is 2.32. The molecule has 1 saturated heterocycles. The number of para-hydroxylation sites is 1. The third kappa shape index (κ3) is 5.65. The van der Waals surface area contributed by atoms with E-state index in [2.05, 4.69) is 10.8 Å². The third-order valence-electron chi connectivity index (χ3n) is 5.53. The molecule has 2 amide bonds. The molecule has 0 radical (unpaired) electrons. The molecular formula is C23H27N3O4S. The van der Waals surface area contributed by atoms with Crippen molar-refractivity contribution in [1.29, 1.82) is 0 Å². The lowest BCUT2D eigenvalue weighted by atomic mass is 9.90. The van der Waals surface area contributed by atoms with Crippen molar-refractivity contribution in [2.45, 2.75) is 37.8 Å². The monoisotopic (exact) mass is 441 g/mol. The predicted octanol–water partition coefficient (Wildman–Crippen LogP) is 3.00. The highest BCUT2D eigenvalue weighted by atomic mass is 32.1. The van der Waals surface area contributed by atoms with E-state index in [4.69, 9.17) is 9.57 Å². The molecule has 3 heterocycles. The molecule has 0 unspecified atom stereocenters. The lowest BCUT2D eigenvalue weighted by molar-refractivity contribution is -0.137. The third-order valence-corrected chi connectivity index (χ3v) is 6.41. The zero-order valence-electron chi connectivity index (χ0n) is 17.3. The van der Waals surface area contributed by atoms with Crippen molar-refractivity contribution in [3.05, 3.63) is 64.5 Å². The maximum atomic E-state index is 12.5. The van der Waals surface area contributed by atoms with E-state index in [1.54, 1.807) is 11.3 Å². The first-order valence-electron chi connectivity index (χ1n) is 10.6. The molecule has 0 aliphatic carbocycles. The van der Waals surface area contributed by atoms with Crippen molar-refractivity contribution in [2.75, 3.05) is 19.7 Å². The SMILES string of the molecule is O=C(NCc1cccs1)C1=CC2(CCN(C(=O)CCCOc3ccccc3)CC2)ON1. The second-order valence-electron chi connectivity index (χ2n) is 7.73. The summed E-state index contributed by atoms with van der Waals surface area (Å²) in [6.07, 6.45) is 4.33. The molecular weight excluding hydrogens is 414 g/mol. The van der Waals surface area contributed by atoms with Gasteiger partial charge in [0.05, 0.1) is 13.2 Å². The molecule has 31 heavy (non-hydrogen) atoms.